The van der Waals surface area contributed by atoms with E-state index in [9.17, 15) is 4.79 Å². The van der Waals surface area contributed by atoms with E-state index in [1.165, 1.54) is 29.7 Å². The number of nitrogens with zero attached hydrogens (tertiary/aromatic N) is 4. The smallest absolute Gasteiger partial charge is 0.224 e. The van der Waals surface area contributed by atoms with Crippen LogP contribution >= 0.6 is 0 Å². The zero-order valence-corrected chi connectivity index (χ0v) is 17.9. The third kappa shape index (κ3) is 4.32. The van der Waals surface area contributed by atoms with E-state index in [4.69, 9.17) is 0 Å². The van der Waals surface area contributed by atoms with Gasteiger partial charge in [0, 0.05) is 62.8 Å². The second-order valence-corrected chi connectivity index (χ2v) is 8.57. The predicted molar refractivity (Wildman–Crippen MR) is 116 cm³/mol. The van der Waals surface area contributed by atoms with Crippen molar-refractivity contribution in [3.63, 3.8) is 0 Å². The molecule has 0 radical (unpaired) electrons. The molecule has 2 bridgehead atoms. The zero-order chi connectivity index (χ0) is 20.4. The van der Waals surface area contributed by atoms with E-state index < -0.39 is 0 Å². The summed E-state index contributed by atoms with van der Waals surface area (Å²) in [5.74, 6) is 1.18. The van der Waals surface area contributed by atoms with Crippen LogP contribution in [-0.2, 0) is 17.9 Å². The summed E-state index contributed by atoms with van der Waals surface area (Å²) in [4.78, 5) is 22.1. The van der Waals surface area contributed by atoms with Crippen molar-refractivity contribution >= 4 is 11.6 Å². The highest BCUT2D eigenvalue weighted by Crippen LogP contribution is 2.29. The van der Waals surface area contributed by atoms with Gasteiger partial charge in [0.2, 0.25) is 5.91 Å². The number of amides is 1. The van der Waals surface area contributed by atoms with Crippen LogP contribution in [0.2, 0.25) is 0 Å². The first kappa shape index (κ1) is 20.0. The molecule has 0 saturated carbocycles. The van der Waals surface area contributed by atoms with E-state index in [0.29, 0.717) is 31.6 Å². The second kappa shape index (κ2) is 8.57. The molecule has 1 aromatic heterocycles. The van der Waals surface area contributed by atoms with Crippen LogP contribution in [0.4, 0.5) is 5.69 Å². The van der Waals surface area contributed by atoms with Gasteiger partial charge in [0.15, 0.2) is 0 Å². The zero-order valence-electron chi connectivity index (χ0n) is 17.9. The van der Waals surface area contributed by atoms with Crippen LogP contribution in [0.1, 0.15) is 42.6 Å². The van der Waals surface area contributed by atoms with E-state index in [1.807, 2.05) is 13.1 Å². The Morgan fingerprint density at radius 3 is 2.83 bits per heavy atom. The summed E-state index contributed by atoms with van der Waals surface area (Å²) in [5, 5.41) is 3.68. The molecule has 2 aliphatic rings. The molecule has 6 heteroatoms. The number of rotatable bonds is 3. The average molecular weight is 396 g/mol. The molecule has 3 heterocycles. The number of anilines is 1. The molecule has 1 saturated heterocycles. The van der Waals surface area contributed by atoms with Gasteiger partial charge in [-0.3, -0.25) is 9.69 Å². The van der Waals surface area contributed by atoms with Gasteiger partial charge >= 0.3 is 0 Å². The van der Waals surface area contributed by atoms with Crippen LogP contribution in [0, 0.1) is 13.8 Å². The number of carbonyl (C=O) groups is 1. The van der Waals surface area contributed by atoms with Gasteiger partial charge < -0.3 is 14.8 Å². The standard InChI is InChI=1S/C23H33N5O/c1-17-5-4-6-19-15-28(22(29)10-13-27-14-12-24-18(27)2)16-21-8-7-20(26(21)3)9-11-25-23(17)19/h4-6,12,14,20-21,25H,7-11,13,15-16H2,1-3H3. The molecule has 0 spiro atoms. The van der Waals surface area contributed by atoms with Crippen LogP contribution in [0.15, 0.2) is 30.6 Å². The number of hydrogen-bond acceptors (Lipinski definition) is 4. The van der Waals surface area contributed by atoms with E-state index in [-0.39, 0.29) is 5.91 Å². The first-order chi connectivity index (χ1) is 14.0. The Balaban J connectivity index is 1.57. The molecule has 29 heavy (non-hydrogen) atoms. The third-order valence-corrected chi connectivity index (χ3v) is 6.76. The molecule has 1 N–H and O–H groups in total. The first-order valence-corrected chi connectivity index (χ1v) is 10.8. The van der Waals surface area contributed by atoms with Gasteiger partial charge in [-0.05, 0) is 51.3 Å². The van der Waals surface area contributed by atoms with Crippen molar-refractivity contribution < 1.29 is 4.79 Å². The minimum atomic E-state index is 0.224. The predicted octanol–water partition coefficient (Wildman–Crippen LogP) is 3.20. The van der Waals surface area contributed by atoms with Gasteiger partial charge in [-0.1, -0.05) is 18.2 Å². The summed E-state index contributed by atoms with van der Waals surface area (Å²) in [6.07, 6.45) is 7.80. The number of imidazole rings is 1. The molecule has 4 rings (SSSR count). The Morgan fingerprint density at radius 2 is 2.03 bits per heavy atom. The fraction of sp³-hybridized carbons (Fsp3) is 0.565. The lowest BCUT2D eigenvalue weighted by molar-refractivity contribution is -0.132. The quantitative estimate of drug-likeness (QED) is 0.867. The molecule has 1 aromatic carbocycles. The number of aromatic nitrogens is 2. The topological polar surface area (TPSA) is 53.4 Å². The van der Waals surface area contributed by atoms with Gasteiger partial charge in [-0.2, -0.15) is 0 Å². The summed E-state index contributed by atoms with van der Waals surface area (Å²) in [6.45, 7) is 7.27. The summed E-state index contributed by atoms with van der Waals surface area (Å²) in [7, 11) is 2.23. The van der Waals surface area contributed by atoms with Gasteiger partial charge in [0.05, 0.1) is 0 Å². The van der Waals surface area contributed by atoms with Crippen LogP contribution in [0.5, 0.6) is 0 Å². The van der Waals surface area contributed by atoms with Crippen molar-refractivity contribution in [1.29, 1.82) is 0 Å². The van der Waals surface area contributed by atoms with Crippen molar-refractivity contribution in [3.05, 3.63) is 47.5 Å². The Hall–Kier alpha value is -2.34. The summed E-state index contributed by atoms with van der Waals surface area (Å²) in [5.41, 5.74) is 3.68. The highest BCUT2D eigenvalue weighted by molar-refractivity contribution is 5.76. The molecule has 1 fully saturated rings. The van der Waals surface area contributed by atoms with Crippen molar-refractivity contribution in [2.24, 2.45) is 0 Å². The molecule has 2 aromatic rings. The third-order valence-electron chi connectivity index (χ3n) is 6.76. The van der Waals surface area contributed by atoms with E-state index in [1.54, 1.807) is 6.20 Å². The molecule has 2 aliphatic heterocycles. The largest absolute Gasteiger partial charge is 0.384 e. The summed E-state index contributed by atoms with van der Waals surface area (Å²) >= 11 is 0. The normalized spacial score (nSPS) is 22.7. The average Bonchev–Trinajstić information content (AvgIpc) is 3.25. The summed E-state index contributed by atoms with van der Waals surface area (Å²) in [6, 6.07) is 7.47. The van der Waals surface area contributed by atoms with Gasteiger partial charge in [-0.25, -0.2) is 4.98 Å². The van der Waals surface area contributed by atoms with E-state index in [2.05, 4.69) is 56.8 Å². The molecule has 156 valence electrons. The molecule has 1 amide bonds. The van der Waals surface area contributed by atoms with E-state index >= 15 is 0 Å². The van der Waals surface area contributed by atoms with Crippen LogP contribution < -0.4 is 5.32 Å². The molecular formula is C23H33N5O. The fourth-order valence-corrected chi connectivity index (χ4v) is 4.86. The maximum atomic E-state index is 13.3. The maximum Gasteiger partial charge on any atom is 0.224 e. The second-order valence-electron chi connectivity index (χ2n) is 8.57. The minimum Gasteiger partial charge on any atom is -0.384 e. The number of hydrogen-bond donors (Lipinski definition) is 1. The van der Waals surface area contributed by atoms with Crippen molar-refractivity contribution in [3.8, 4) is 0 Å². The number of benzene rings is 1. The lowest BCUT2D eigenvalue weighted by Gasteiger charge is -2.31. The Bertz CT molecular complexity index is 861. The minimum absolute atomic E-state index is 0.224. The van der Waals surface area contributed by atoms with Crippen molar-refractivity contribution in [2.75, 3.05) is 25.5 Å². The van der Waals surface area contributed by atoms with Crippen LogP contribution in [0.3, 0.4) is 0 Å². The highest BCUT2D eigenvalue weighted by atomic mass is 16.2. The molecular weight excluding hydrogens is 362 g/mol. The van der Waals surface area contributed by atoms with E-state index in [0.717, 1.165) is 25.3 Å². The SMILES string of the molecule is Cc1cccc2c1NCCC1CCC(CN(C(=O)CCn3ccnc3C)C2)N1C. The van der Waals surface area contributed by atoms with Gasteiger partial charge in [0.25, 0.3) is 0 Å². The number of likely N-dealkylation sites (N-methyl/N-ethyl adjacent to an activating group) is 1. The number of fused-ring (bicyclic) bond motifs is 3. The number of para-hydroxylation sites is 1. The van der Waals surface area contributed by atoms with Crippen molar-refractivity contribution in [2.45, 2.75) is 64.7 Å². The van der Waals surface area contributed by atoms with Crippen molar-refractivity contribution in [1.82, 2.24) is 19.4 Å². The number of nitrogens with one attached hydrogen (secondary N) is 1. The van der Waals surface area contributed by atoms with Gasteiger partial charge in [-0.15, -0.1) is 0 Å². The van der Waals surface area contributed by atoms with Crippen LogP contribution in [0.25, 0.3) is 0 Å². The van der Waals surface area contributed by atoms with Gasteiger partial charge in [0.1, 0.15) is 5.82 Å². The molecule has 2 atom stereocenters. The highest BCUT2D eigenvalue weighted by Gasteiger charge is 2.33. The lowest BCUT2D eigenvalue weighted by atomic mass is 10.1. The molecule has 6 nitrogen and oxygen atoms in total. The lowest BCUT2D eigenvalue weighted by Crippen LogP contribution is -2.43. The Labute approximate surface area is 173 Å². The maximum absolute atomic E-state index is 13.3. The fourth-order valence-electron chi connectivity index (χ4n) is 4.86. The number of aryl methyl sites for hydroxylation is 3. The molecule has 2 unspecified atom stereocenters. The molecule has 0 aliphatic carbocycles. The van der Waals surface area contributed by atoms with Crippen LogP contribution in [-0.4, -0.2) is 57.5 Å². The number of carbonyl (C=O) groups excluding carboxylic acids is 1. The first-order valence-electron chi connectivity index (χ1n) is 10.8. The Morgan fingerprint density at radius 1 is 1.21 bits per heavy atom. The summed E-state index contributed by atoms with van der Waals surface area (Å²) < 4.78 is 2.06. The Kier molecular flexibility index (Phi) is 5.90. The monoisotopic (exact) mass is 395 g/mol.